The van der Waals surface area contributed by atoms with E-state index < -0.39 is 0 Å². The molecule has 1 nitrogen and oxygen atoms in total. The minimum atomic E-state index is 0.199. The van der Waals surface area contributed by atoms with E-state index in [4.69, 9.17) is 0 Å². The lowest BCUT2D eigenvalue weighted by Crippen LogP contribution is -2.15. The largest absolute Gasteiger partial charge is 0.294 e. The van der Waals surface area contributed by atoms with Gasteiger partial charge in [0.1, 0.15) is 0 Å². The molecule has 0 saturated carbocycles. The first-order valence-electron chi connectivity index (χ1n) is 6.65. The molecule has 1 rings (SSSR count). The standard InChI is InChI=1S/C16H24O/c1-5-7-8-15(17)13-9-11-14(12-10-13)16(3,4)6-2/h9-12H,5-8H2,1-4H3. The van der Waals surface area contributed by atoms with Crippen LogP contribution in [0.2, 0.25) is 0 Å². The molecule has 0 N–H and O–H groups in total. The number of ketones is 1. The van der Waals surface area contributed by atoms with Crippen molar-refractivity contribution in [3.8, 4) is 0 Å². The van der Waals surface area contributed by atoms with E-state index in [0.29, 0.717) is 6.42 Å². The first-order valence-corrected chi connectivity index (χ1v) is 6.65. The SMILES string of the molecule is CCCCC(=O)c1ccc(C(C)(C)CC)cc1. The molecule has 0 aliphatic heterocycles. The Balaban J connectivity index is 2.78. The Bertz CT molecular complexity index is 360. The maximum absolute atomic E-state index is 11.8. The molecule has 94 valence electrons. The lowest BCUT2D eigenvalue weighted by Gasteiger charge is -2.23. The Morgan fingerprint density at radius 2 is 1.71 bits per heavy atom. The summed E-state index contributed by atoms with van der Waals surface area (Å²) in [5.41, 5.74) is 2.37. The molecule has 0 bridgehead atoms. The van der Waals surface area contributed by atoms with Crippen LogP contribution in [-0.4, -0.2) is 5.78 Å². The van der Waals surface area contributed by atoms with Crippen molar-refractivity contribution in [3.05, 3.63) is 35.4 Å². The van der Waals surface area contributed by atoms with E-state index >= 15 is 0 Å². The fraction of sp³-hybridized carbons (Fsp3) is 0.562. The summed E-state index contributed by atoms with van der Waals surface area (Å²) in [5, 5.41) is 0. The predicted octanol–water partition coefficient (Wildman–Crippen LogP) is 4.75. The molecule has 0 unspecified atom stereocenters. The first kappa shape index (κ1) is 14.0. The van der Waals surface area contributed by atoms with Gasteiger partial charge in [0.25, 0.3) is 0 Å². The molecule has 1 aromatic rings. The van der Waals surface area contributed by atoms with Crippen LogP contribution in [0.1, 0.15) is 69.3 Å². The number of rotatable bonds is 6. The minimum Gasteiger partial charge on any atom is -0.294 e. The predicted molar refractivity (Wildman–Crippen MR) is 73.6 cm³/mol. The molecular weight excluding hydrogens is 208 g/mol. The minimum absolute atomic E-state index is 0.199. The maximum atomic E-state index is 11.8. The molecule has 0 spiro atoms. The van der Waals surface area contributed by atoms with Crippen molar-refractivity contribution in [2.24, 2.45) is 0 Å². The fourth-order valence-corrected chi connectivity index (χ4v) is 1.79. The molecule has 0 fully saturated rings. The summed E-state index contributed by atoms with van der Waals surface area (Å²) in [4.78, 5) is 11.8. The summed E-state index contributed by atoms with van der Waals surface area (Å²) in [6.07, 6.45) is 3.84. The van der Waals surface area contributed by atoms with Crippen LogP contribution in [0.15, 0.2) is 24.3 Å². The maximum Gasteiger partial charge on any atom is 0.162 e. The van der Waals surface area contributed by atoms with E-state index in [1.165, 1.54) is 5.56 Å². The van der Waals surface area contributed by atoms with Crippen LogP contribution in [0.3, 0.4) is 0 Å². The Hall–Kier alpha value is -1.11. The van der Waals surface area contributed by atoms with E-state index in [1.807, 2.05) is 12.1 Å². The number of hydrogen-bond acceptors (Lipinski definition) is 1. The van der Waals surface area contributed by atoms with Gasteiger partial charge in [-0.2, -0.15) is 0 Å². The van der Waals surface area contributed by atoms with Gasteiger partial charge in [0.15, 0.2) is 5.78 Å². The van der Waals surface area contributed by atoms with Gasteiger partial charge in [0.05, 0.1) is 0 Å². The number of Topliss-reactive ketones (excluding diaryl/α,β-unsaturated/α-hetero) is 1. The van der Waals surface area contributed by atoms with E-state index in [-0.39, 0.29) is 11.2 Å². The molecule has 17 heavy (non-hydrogen) atoms. The van der Waals surface area contributed by atoms with Gasteiger partial charge in [-0.05, 0) is 23.8 Å². The fourth-order valence-electron chi connectivity index (χ4n) is 1.79. The number of hydrogen-bond donors (Lipinski definition) is 0. The van der Waals surface area contributed by atoms with E-state index in [9.17, 15) is 4.79 Å². The van der Waals surface area contributed by atoms with Crippen LogP contribution >= 0.6 is 0 Å². The van der Waals surface area contributed by atoms with Gasteiger partial charge in [0.2, 0.25) is 0 Å². The molecule has 1 aromatic carbocycles. The lowest BCUT2D eigenvalue weighted by atomic mass is 9.82. The van der Waals surface area contributed by atoms with Crippen molar-refractivity contribution in [2.75, 3.05) is 0 Å². The quantitative estimate of drug-likeness (QED) is 0.647. The van der Waals surface area contributed by atoms with Gasteiger partial charge in [-0.3, -0.25) is 4.79 Å². The zero-order chi connectivity index (χ0) is 12.9. The molecule has 0 radical (unpaired) electrons. The van der Waals surface area contributed by atoms with E-state index in [2.05, 4.69) is 39.8 Å². The highest BCUT2D eigenvalue weighted by Gasteiger charge is 2.17. The van der Waals surface area contributed by atoms with Crippen molar-refractivity contribution in [1.29, 1.82) is 0 Å². The van der Waals surface area contributed by atoms with Crippen molar-refractivity contribution >= 4 is 5.78 Å². The van der Waals surface area contributed by atoms with Gasteiger partial charge >= 0.3 is 0 Å². The van der Waals surface area contributed by atoms with Crippen LogP contribution in [0.5, 0.6) is 0 Å². The highest BCUT2D eigenvalue weighted by atomic mass is 16.1. The lowest BCUT2D eigenvalue weighted by molar-refractivity contribution is 0.0979. The monoisotopic (exact) mass is 232 g/mol. The van der Waals surface area contributed by atoms with E-state index in [1.54, 1.807) is 0 Å². The second-order valence-corrected chi connectivity index (χ2v) is 5.34. The molecule has 0 saturated heterocycles. The highest BCUT2D eigenvalue weighted by molar-refractivity contribution is 5.96. The summed E-state index contributed by atoms with van der Waals surface area (Å²) in [5.74, 6) is 0.271. The topological polar surface area (TPSA) is 17.1 Å². The van der Waals surface area contributed by atoms with E-state index in [0.717, 1.165) is 24.8 Å². The summed E-state index contributed by atoms with van der Waals surface area (Å²) in [6, 6.07) is 8.15. The van der Waals surface area contributed by atoms with Crippen LogP contribution in [-0.2, 0) is 5.41 Å². The van der Waals surface area contributed by atoms with Crippen LogP contribution in [0.4, 0.5) is 0 Å². The molecular formula is C16H24O. The van der Waals surface area contributed by atoms with Crippen molar-refractivity contribution in [1.82, 2.24) is 0 Å². The smallest absolute Gasteiger partial charge is 0.162 e. The third kappa shape index (κ3) is 3.69. The van der Waals surface area contributed by atoms with Crippen molar-refractivity contribution < 1.29 is 4.79 Å². The second-order valence-electron chi connectivity index (χ2n) is 5.34. The first-order chi connectivity index (χ1) is 8.01. The third-order valence-electron chi connectivity index (χ3n) is 3.63. The normalized spacial score (nSPS) is 11.5. The Morgan fingerprint density at radius 1 is 1.12 bits per heavy atom. The van der Waals surface area contributed by atoms with Gasteiger partial charge in [-0.25, -0.2) is 0 Å². The average Bonchev–Trinajstić information content (AvgIpc) is 2.36. The summed E-state index contributed by atoms with van der Waals surface area (Å²) < 4.78 is 0. The Kier molecular flexibility index (Phi) is 4.92. The van der Waals surface area contributed by atoms with Crippen LogP contribution in [0.25, 0.3) is 0 Å². The molecule has 0 atom stereocenters. The number of benzene rings is 1. The third-order valence-corrected chi connectivity index (χ3v) is 3.63. The molecule has 0 aliphatic rings. The van der Waals surface area contributed by atoms with Crippen molar-refractivity contribution in [3.63, 3.8) is 0 Å². The summed E-state index contributed by atoms with van der Waals surface area (Å²) in [6.45, 7) is 8.78. The van der Waals surface area contributed by atoms with Crippen molar-refractivity contribution in [2.45, 2.75) is 58.8 Å². The summed E-state index contributed by atoms with van der Waals surface area (Å²) in [7, 11) is 0. The Labute approximate surface area is 105 Å². The Morgan fingerprint density at radius 3 is 2.18 bits per heavy atom. The second kappa shape index (κ2) is 6.00. The zero-order valence-electron chi connectivity index (χ0n) is 11.5. The van der Waals surface area contributed by atoms with Gasteiger partial charge in [-0.15, -0.1) is 0 Å². The highest BCUT2D eigenvalue weighted by Crippen LogP contribution is 2.26. The molecule has 0 aromatic heterocycles. The number of carbonyl (C=O) groups is 1. The van der Waals surface area contributed by atoms with Crippen LogP contribution < -0.4 is 0 Å². The molecule has 0 heterocycles. The van der Waals surface area contributed by atoms with Gasteiger partial charge < -0.3 is 0 Å². The number of carbonyl (C=O) groups excluding carboxylic acids is 1. The molecule has 0 aliphatic carbocycles. The molecule has 1 heteroatoms. The van der Waals surface area contributed by atoms with Gasteiger partial charge in [-0.1, -0.05) is 58.4 Å². The molecule has 0 amide bonds. The summed E-state index contributed by atoms with van der Waals surface area (Å²) >= 11 is 0. The van der Waals surface area contributed by atoms with Crippen LogP contribution in [0, 0.1) is 0 Å². The average molecular weight is 232 g/mol. The van der Waals surface area contributed by atoms with Gasteiger partial charge in [0, 0.05) is 12.0 Å². The zero-order valence-corrected chi connectivity index (χ0v) is 11.5. The number of unbranched alkanes of at least 4 members (excludes halogenated alkanes) is 1.